The van der Waals surface area contributed by atoms with Gasteiger partial charge in [0.2, 0.25) is 0 Å². The minimum atomic E-state index is -0.171. The lowest BCUT2D eigenvalue weighted by Gasteiger charge is -2.21. The Kier molecular flexibility index (Phi) is 4.75. The van der Waals surface area contributed by atoms with Gasteiger partial charge in [-0.15, -0.1) is 12.4 Å². The van der Waals surface area contributed by atoms with E-state index in [1.54, 1.807) is 6.07 Å². The molecule has 0 saturated heterocycles. The van der Waals surface area contributed by atoms with Gasteiger partial charge < -0.3 is 5.73 Å². The first-order valence-electron chi connectivity index (χ1n) is 5.70. The second kappa shape index (κ2) is 5.65. The van der Waals surface area contributed by atoms with Crippen molar-refractivity contribution in [3.05, 3.63) is 35.1 Å². The largest absolute Gasteiger partial charge is 0.324 e. The third-order valence-corrected chi connectivity index (χ3v) is 3.50. The summed E-state index contributed by atoms with van der Waals surface area (Å²) in [6.07, 6.45) is 5.02. The molecule has 1 saturated carbocycles. The van der Waals surface area contributed by atoms with Crippen LogP contribution < -0.4 is 5.73 Å². The fraction of sp³-hybridized carbons (Fsp3) is 0.538. The van der Waals surface area contributed by atoms with E-state index >= 15 is 0 Å². The first-order valence-corrected chi connectivity index (χ1v) is 5.70. The van der Waals surface area contributed by atoms with Gasteiger partial charge >= 0.3 is 0 Å². The van der Waals surface area contributed by atoms with Gasteiger partial charge in [-0.3, -0.25) is 0 Å². The molecule has 2 rings (SSSR count). The van der Waals surface area contributed by atoms with Gasteiger partial charge in [-0.1, -0.05) is 18.9 Å². The van der Waals surface area contributed by atoms with Crippen LogP contribution in [0.2, 0.25) is 0 Å². The molecule has 0 spiro atoms. The Balaban J connectivity index is 0.00000128. The maximum absolute atomic E-state index is 12.9. The summed E-state index contributed by atoms with van der Waals surface area (Å²) in [6, 6.07) is 5.02. The molecule has 2 N–H and O–H groups in total. The zero-order valence-corrected chi connectivity index (χ0v) is 10.4. The topological polar surface area (TPSA) is 26.0 Å². The van der Waals surface area contributed by atoms with Gasteiger partial charge in [-0.2, -0.15) is 0 Å². The number of halogens is 2. The smallest absolute Gasteiger partial charge is 0.123 e. The molecule has 90 valence electrons. The highest BCUT2D eigenvalue weighted by atomic mass is 35.5. The molecule has 1 atom stereocenters. The Bertz CT molecular complexity index is 348. The van der Waals surface area contributed by atoms with Gasteiger partial charge in [0.25, 0.3) is 0 Å². The van der Waals surface area contributed by atoms with Crippen LogP contribution in [-0.4, -0.2) is 0 Å². The predicted molar refractivity (Wildman–Crippen MR) is 67.3 cm³/mol. The summed E-state index contributed by atoms with van der Waals surface area (Å²) >= 11 is 0. The average Bonchev–Trinajstić information content (AvgIpc) is 2.69. The lowest BCUT2D eigenvalue weighted by Crippen LogP contribution is -2.20. The van der Waals surface area contributed by atoms with Gasteiger partial charge in [-0.05, 0) is 48.9 Å². The molecule has 1 aliphatic carbocycles. The normalized spacial score (nSPS) is 18.2. The maximum Gasteiger partial charge on any atom is 0.123 e. The van der Waals surface area contributed by atoms with Crippen molar-refractivity contribution in [1.82, 2.24) is 0 Å². The molecule has 0 radical (unpaired) electrons. The number of hydrogen-bond donors (Lipinski definition) is 1. The quantitative estimate of drug-likeness (QED) is 0.841. The van der Waals surface area contributed by atoms with E-state index in [1.807, 2.05) is 13.0 Å². The number of aryl methyl sites for hydroxylation is 1. The van der Waals surface area contributed by atoms with E-state index in [1.165, 1.54) is 31.7 Å². The van der Waals surface area contributed by atoms with Crippen LogP contribution in [-0.2, 0) is 0 Å². The monoisotopic (exact) mass is 243 g/mol. The fourth-order valence-electron chi connectivity index (χ4n) is 2.58. The highest BCUT2D eigenvalue weighted by Gasteiger charge is 2.24. The van der Waals surface area contributed by atoms with Gasteiger partial charge in [0.15, 0.2) is 0 Å². The molecular weight excluding hydrogens is 225 g/mol. The number of hydrogen-bond acceptors (Lipinski definition) is 1. The van der Waals surface area contributed by atoms with E-state index in [2.05, 4.69) is 0 Å². The molecule has 3 heteroatoms. The van der Waals surface area contributed by atoms with Crippen LogP contribution in [0.3, 0.4) is 0 Å². The summed E-state index contributed by atoms with van der Waals surface area (Å²) in [5, 5.41) is 0. The summed E-state index contributed by atoms with van der Waals surface area (Å²) in [7, 11) is 0. The second-order valence-electron chi connectivity index (χ2n) is 4.57. The molecule has 0 amide bonds. The van der Waals surface area contributed by atoms with Gasteiger partial charge in [0.1, 0.15) is 5.82 Å². The highest BCUT2D eigenvalue weighted by Crippen LogP contribution is 2.35. The third-order valence-electron chi connectivity index (χ3n) is 3.50. The van der Waals surface area contributed by atoms with Gasteiger partial charge in [0.05, 0.1) is 0 Å². The highest BCUT2D eigenvalue weighted by molar-refractivity contribution is 5.85. The van der Waals surface area contributed by atoms with Crippen LogP contribution in [0.5, 0.6) is 0 Å². The molecule has 0 aromatic heterocycles. The van der Waals surface area contributed by atoms with E-state index in [0.29, 0.717) is 5.92 Å². The standard InChI is InChI=1S/C13H18FN.ClH/c1-9-8-11(14)6-7-12(9)13(15)10-4-2-3-5-10;/h6-8,10,13H,2-5,15H2,1H3;1H/t13-;/m0./s1. The summed E-state index contributed by atoms with van der Waals surface area (Å²) in [5.74, 6) is 0.420. The van der Waals surface area contributed by atoms with E-state index < -0.39 is 0 Å². The predicted octanol–water partition coefficient (Wildman–Crippen LogP) is 3.75. The Hall–Kier alpha value is -0.600. The number of nitrogens with two attached hydrogens (primary N) is 1. The van der Waals surface area contributed by atoms with Gasteiger partial charge in [-0.25, -0.2) is 4.39 Å². The first-order chi connectivity index (χ1) is 7.18. The Morgan fingerprint density at radius 1 is 1.31 bits per heavy atom. The van der Waals surface area contributed by atoms with Crippen molar-refractivity contribution in [3.63, 3.8) is 0 Å². The summed E-state index contributed by atoms with van der Waals surface area (Å²) < 4.78 is 12.9. The molecule has 1 fully saturated rings. The molecule has 1 aliphatic rings. The molecule has 0 unspecified atom stereocenters. The van der Waals surface area contributed by atoms with Crippen molar-refractivity contribution >= 4 is 12.4 Å². The molecule has 1 aromatic rings. The van der Waals surface area contributed by atoms with Crippen LogP contribution in [0.15, 0.2) is 18.2 Å². The van der Waals surface area contributed by atoms with Crippen LogP contribution >= 0.6 is 12.4 Å². The lowest BCUT2D eigenvalue weighted by atomic mass is 9.90. The van der Waals surface area contributed by atoms with Gasteiger partial charge in [0, 0.05) is 6.04 Å². The zero-order chi connectivity index (χ0) is 10.8. The van der Waals surface area contributed by atoms with E-state index in [0.717, 1.165) is 11.1 Å². The molecule has 1 nitrogen and oxygen atoms in total. The summed E-state index contributed by atoms with van der Waals surface area (Å²) in [5.41, 5.74) is 8.32. The summed E-state index contributed by atoms with van der Waals surface area (Å²) in [6.45, 7) is 1.94. The van der Waals surface area contributed by atoms with Crippen LogP contribution in [0.1, 0.15) is 42.9 Å². The Labute approximate surface area is 103 Å². The van der Waals surface area contributed by atoms with Crippen molar-refractivity contribution in [3.8, 4) is 0 Å². The molecule has 0 aliphatic heterocycles. The van der Waals surface area contributed by atoms with Crippen LogP contribution in [0.25, 0.3) is 0 Å². The summed E-state index contributed by atoms with van der Waals surface area (Å²) in [4.78, 5) is 0. The Morgan fingerprint density at radius 3 is 2.50 bits per heavy atom. The Morgan fingerprint density at radius 2 is 1.94 bits per heavy atom. The fourth-order valence-corrected chi connectivity index (χ4v) is 2.58. The van der Waals surface area contributed by atoms with E-state index in [4.69, 9.17) is 5.73 Å². The van der Waals surface area contributed by atoms with E-state index in [9.17, 15) is 4.39 Å². The molecule has 1 aromatic carbocycles. The van der Waals surface area contributed by atoms with Crippen molar-refractivity contribution in [1.29, 1.82) is 0 Å². The van der Waals surface area contributed by atoms with Crippen molar-refractivity contribution in [2.45, 2.75) is 38.6 Å². The van der Waals surface area contributed by atoms with Crippen molar-refractivity contribution < 1.29 is 4.39 Å². The second-order valence-corrected chi connectivity index (χ2v) is 4.57. The lowest BCUT2D eigenvalue weighted by molar-refractivity contribution is 0.443. The van der Waals surface area contributed by atoms with Crippen molar-refractivity contribution in [2.75, 3.05) is 0 Å². The van der Waals surface area contributed by atoms with Crippen molar-refractivity contribution in [2.24, 2.45) is 11.7 Å². The van der Waals surface area contributed by atoms with Crippen LogP contribution in [0, 0.1) is 18.7 Å². The minimum Gasteiger partial charge on any atom is -0.324 e. The minimum absolute atomic E-state index is 0. The van der Waals surface area contributed by atoms with Crippen LogP contribution in [0.4, 0.5) is 4.39 Å². The molecular formula is C13H19ClFN. The molecule has 16 heavy (non-hydrogen) atoms. The van der Waals surface area contributed by atoms with E-state index in [-0.39, 0.29) is 24.3 Å². The average molecular weight is 244 g/mol. The number of rotatable bonds is 2. The number of benzene rings is 1. The first kappa shape index (κ1) is 13.5. The molecule has 0 heterocycles. The zero-order valence-electron chi connectivity index (χ0n) is 9.58. The maximum atomic E-state index is 12.9. The third kappa shape index (κ3) is 2.74. The SMILES string of the molecule is Cc1cc(F)ccc1[C@@H](N)C1CCCC1.Cl. The molecule has 0 bridgehead atoms.